The molecule has 0 aliphatic carbocycles. The van der Waals surface area contributed by atoms with E-state index in [0.29, 0.717) is 47.8 Å². The van der Waals surface area contributed by atoms with Crippen molar-refractivity contribution < 1.29 is 24.1 Å². The van der Waals surface area contributed by atoms with E-state index in [-0.39, 0.29) is 17.9 Å². The largest absolute Gasteiger partial charge is 0.504 e. The van der Waals surface area contributed by atoms with Crippen LogP contribution in [0.3, 0.4) is 0 Å². The summed E-state index contributed by atoms with van der Waals surface area (Å²) in [5.74, 6) is 0.470. The van der Waals surface area contributed by atoms with Gasteiger partial charge in [0.15, 0.2) is 16.3 Å². The molecule has 1 aromatic heterocycles. The number of halogens is 1. The van der Waals surface area contributed by atoms with Crippen molar-refractivity contribution in [1.29, 1.82) is 0 Å². The fraction of sp³-hybridized carbons (Fsp3) is 0.222. The molecule has 0 radical (unpaired) electrons. The summed E-state index contributed by atoms with van der Waals surface area (Å²) in [4.78, 5) is 31.8. The van der Waals surface area contributed by atoms with E-state index in [9.17, 15) is 14.7 Å². The Morgan fingerprint density at radius 2 is 2.03 bits per heavy atom. The average Bonchev–Trinajstić information content (AvgIpc) is 3.18. The van der Waals surface area contributed by atoms with Crippen molar-refractivity contribution in [3.05, 3.63) is 94.7 Å². The molecule has 0 amide bonds. The Morgan fingerprint density at radius 3 is 2.68 bits per heavy atom. The zero-order valence-electron chi connectivity index (χ0n) is 20.5. The van der Waals surface area contributed by atoms with Crippen molar-refractivity contribution in [3.8, 4) is 17.2 Å². The average molecular weight is 632 g/mol. The van der Waals surface area contributed by atoms with Crippen molar-refractivity contribution in [2.24, 2.45) is 4.99 Å². The van der Waals surface area contributed by atoms with Gasteiger partial charge < -0.3 is 19.3 Å². The SMILES string of the molecule is C=CCOc1ccc([C@H]2C(C(=O)OCC)=C(C)N=c3s/c(=C\c4cc(I)c(O)c(OC)c4)c(=O)n32)cc1. The summed E-state index contributed by atoms with van der Waals surface area (Å²) < 4.78 is 18.7. The third kappa shape index (κ3) is 5.35. The van der Waals surface area contributed by atoms with Gasteiger partial charge in [-0.2, -0.15) is 0 Å². The van der Waals surface area contributed by atoms with Crippen LogP contribution in [0.1, 0.15) is 31.0 Å². The Balaban J connectivity index is 1.90. The first kappa shape index (κ1) is 26.7. The number of ether oxygens (including phenoxy) is 3. The van der Waals surface area contributed by atoms with Gasteiger partial charge in [0.25, 0.3) is 5.56 Å². The van der Waals surface area contributed by atoms with Gasteiger partial charge in [0, 0.05) is 0 Å². The van der Waals surface area contributed by atoms with Crippen LogP contribution in [-0.2, 0) is 9.53 Å². The number of phenols is 1. The lowest BCUT2D eigenvalue weighted by Crippen LogP contribution is -2.39. The number of hydrogen-bond donors (Lipinski definition) is 1. The van der Waals surface area contributed by atoms with Crippen LogP contribution in [0.2, 0.25) is 0 Å². The predicted molar refractivity (Wildman–Crippen MR) is 150 cm³/mol. The fourth-order valence-corrected chi connectivity index (χ4v) is 5.66. The number of phenolic OH excluding ortho intramolecular Hbond substituents is 1. The number of aromatic nitrogens is 1. The molecule has 1 atom stereocenters. The minimum Gasteiger partial charge on any atom is -0.504 e. The quantitative estimate of drug-likeness (QED) is 0.231. The number of esters is 1. The first-order valence-corrected chi connectivity index (χ1v) is 13.3. The molecule has 0 bridgehead atoms. The van der Waals surface area contributed by atoms with E-state index in [2.05, 4.69) is 11.6 Å². The molecule has 0 fully saturated rings. The second-order valence-corrected chi connectivity index (χ2v) is 10.2. The van der Waals surface area contributed by atoms with Gasteiger partial charge in [-0.15, -0.1) is 0 Å². The molecule has 0 saturated carbocycles. The summed E-state index contributed by atoms with van der Waals surface area (Å²) in [7, 11) is 1.47. The molecule has 37 heavy (non-hydrogen) atoms. The Labute approximate surface area is 231 Å². The summed E-state index contributed by atoms with van der Waals surface area (Å²) in [6.07, 6.45) is 3.38. The fourth-order valence-electron chi connectivity index (χ4n) is 3.99. The molecule has 3 aromatic rings. The Hall–Kier alpha value is -3.38. The molecule has 0 saturated heterocycles. The highest BCUT2D eigenvalue weighted by atomic mass is 127. The highest BCUT2D eigenvalue weighted by Gasteiger charge is 2.33. The van der Waals surface area contributed by atoms with Gasteiger partial charge in [-0.1, -0.05) is 36.1 Å². The van der Waals surface area contributed by atoms with Crippen molar-refractivity contribution in [2.75, 3.05) is 20.3 Å². The van der Waals surface area contributed by atoms with Gasteiger partial charge in [0.2, 0.25) is 0 Å². The first-order chi connectivity index (χ1) is 17.8. The maximum atomic E-state index is 13.7. The number of rotatable bonds is 8. The number of carbonyl (C=O) groups is 1. The standard InChI is InChI=1S/C27H25IN2O6S/c1-5-11-36-18-9-7-17(8-10-18)23-22(26(33)35-6-2)15(3)29-27-30(23)25(32)21(37-27)14-16-12-19(28)24(31)20(13-16)34-4/h5,7-10,12-14,23,31H,1,6,11H2,2-4H3/b21-14-/t23-/m0/s1. The lowest BCUT2D eigenvalue weighted by atomic mass is 9.96. The highest BCUT2D eigenvalue weighted by molar-refractivity contribution is 14.1. The van der Waals surface area contributed by atoms with Crippen LogP contribution >= 0.6 is 33.9 Å². The maximum Gasteiger partial charge on any atom is 0.338 e. The molecule has 1 aliphatic rings. The predicted octanol–water partition coefficient (Wildman–Crippen LogP) is 3.68. The number of allylic oxidation sites excluding steroid dienone is 1. The molecule has 1 aliphatic heterocycles. The highest BCUT2D eigenvalue weighted by Crippen LogP contribution is 2.33. The number of nitrogens with zero attached hydrogens (tertiary/aromatic N) is 2. The van der Waals surface area contributed by atoms with Crippen LogP contribution in [0.5, 0.6) is 17.2 Å². The first-order valence-electron chi connectivity index (χ1n) is 11.4. The number of aromatic hydroxyl groups is 1. The smallest absolute Gasteiger partial charge is 0.338 e. The van der Waals surface area contributed by atoms with Crippen molar-refractivity contribution >= 4 is 46.0 Å². The summed E-state index contributed by atoms with van der Waals surface area (Å²) in [6, 6.07) is 9.92. The second kappa shape index (κ2) is 11.3. The van der Waals surface area contributed by atoms with E-state index in [1.807, 2.05) is 34.7 Å². The van der Waals surface area contributed by atoms with Crippen LogP contribution in [0.25, 0.3) is 6.08 Å². The Bertz CT molecular complexity index is 1570. The molecule has 0 unspecified atom stereocenters. The third-order valence-corrected chi connectivity index (χ3v) is 7.45. The number of carbonyl (C=O) groups excluding carboxylic acids is 1. The summed E-state index contributed by atoms with van der Waals surface area (Å²) in [6.45, 7) is 7.69. The van der Waals surface area contributed by atoms with Crippen LogP contribution in [0.4, 0.5) is 0 Å². The second-order valence-electron chi connectivity index (χ2n) is 8.02. The van der Waals surface area contributed by atoms with Gasteiger partial charge in [-0.3, -0.25) is 9.36 Å². The Morgan fingerprint density at radius 1 is 1.30 bits per heavy atom. The number of methoxy groups -OCH3 is 1. The molecule has 2 aromatic carbocycles. The van der Waals surface area contributed by atoms with Gasteiger partial charge in [0.05, 0.1) is 39.1 Å². The maximum absolute atomic E-state index is 13.7. The molecule has 0 spiro atoms. The van der Waals surface area contributed by atoms with E-state index in [1.54, 1.807) is 50.3 Å². The van der Waals surface area contributed by atoms with E-state index in [4.69, 9.17) is 14.2 Å². The van der Waals surface area contributed by atoms with Crippen molar-refractivity contribution in [1.82, 2.24) is 4.57 Å². The third-order valence-electron chi connectivity index (χ3n) is 5.65. The minimum atomic E-state index is -0.722. The van der Waals surface area contributed by atoms with Gasteiger partial charge in [-0.25, -0.2) is 9.79 Å². The number of thiazole rings is 1. The van der Waals surface area contributed by atoms with E-state index in [0.717, 1.165) is 5.56 Å². The Kier molecular flexibility index (Phi) is 8.18. The summed E-state index contributed by atoms with van der Waals surface area (Å²) >= 11 is 3.23. The molecule has 2 heterocycles. The topological polar surface area (TPSA) is 99.4 Å². The summed E-state index contributed by atoms with van der Waals surface area (Å²) in [5.41, 5.74) is 1.91. The van der Waals surface area contributed by atoms with E-state index >= 15 is 0 Å². The van der Waals surface area contributed by atoms with Gasteiger partial charge in [-0.05, 0) is 77.9 Å². The lowest BCUT2D eigenvalue weighted by Gasteiger charge is -2.24. The van der Waals surface area contributed by atoms with Crippen molar-refractivity contribution in [3.63, 3.8) is 0 Å². The number of benzene rings is 2. The molecular weight excluding hydrogens is 607 g/mol. The lowest BCUT2D eigenvalue weighted by molar-refractivity contribution is -0.139. The van der Waals surface area contributed by atoms with Gasteiger partial charge >= 0.3 is 5.97 Å². The molecule has 8 nitrogen and oxygen atoms in total. The van der Waals surface area contributed by atoms with Crippen LogP contribution in [0, 0.1) is 3.57 Å². The van der Waals surface area contributed by atoms with Crippen LogP contribution in [0.15, 0.2) is 70.1 Å². The zero-order valence-corrected chi connectivity index (χ0v) is 23.5. The van der Waals surface area contributed by atoms with Crippen LogP contribution in [-0.4, -0.2) is 36.0 Å². The summed E-state index contributed by atoms with van der Waals surface area (Å²) in [5, 5.41) is 10.2. The van der Waals surface area contributed by atoms with Crippen molar-refractivity contribution in [2.45, 2.75) is 19.9 Å². The van der Waals surface area contributed by atoms with E-state index in [1.165, 1.54) is 23.0 Å². The number of hydrogen-bond acceptors (Lipinski definition) is 8. The van der Waals surface area contributed by atoms with E-state index < -0.39 is 12.0 Å². The zero-order chi connectivity index (χ0) is 26.7. The number of fused-ring (bicyclic) bond motifs is 1. The molecule has 1 N–H and O–H groups in total. The van der Waals surface area contributed by atoms with Crippen LogP contribution < -0.4 is 24.4 Å². The molecule has 10 heteroatoms. The molecular formula is C27H25IN2O6S. The monoisotopic (exact) mass is 632 g/mol. The minimum absolute atomic E-state index is 0.0388. The van der Waals surface area contributed by atoms with Gasteiger partial charge in [0.1, 0.15) is 12.4 Å². The molecule has 4 rings (SSSR count). The molecule has 192 valence electrons. The normalized spacial score (nSPS) is 15.1.